The summed E-state index contributed by atoms with van der Waals surface area (Å²) in [6.07, 6.45) is 6.24. The number of benzene rings is 1. The second kappa shape index (κ2) is 13.2. The molecule has 1 fully saturated rings. The Morgan fingerprint density at radius 2 is 2.00 bits per heavy atom. The zero-order chi connectivity index (χ0) is 17.9. The molecule has 5 nitrogen and oxygen atoms in total. The van der Waals surface area contributed by atoms with Crippen LogP contribution < -0.4 is 15.4 Å². The van der Waals surface area contributed by atoms with E-state index in [1.54, 1.807) is 7.05 Å². The standard InChI is InChI=1S/C20H33N3O2.HI/c1-4-24-13-7-12-22-20(21-3)23-15-17-11-10-16(2)14-19(17)25-18-8-5-6-9-18;/h10-11,14,18H,4-9,12-13,15H2,1-3H3,(H2,21,22,23);1H. The molecule has 1 aliphatic carbocycles. The fourth-order valence-corrected chi connectivity index (χ4v) is 3.03. The Balaban J connectivity index is 0.00000338. The van der Waals surface area contributed by atoms with Gasteiger partial charge in [0.05, 0.1) is 6.10 Å². The molecule has 0 atom stereocenters. The summed E-state index contributed by atoms with van der Waals surface area (Å²) >= 11 is 0. The van der Waals surface area contributed by atoms with Crippen molar-refractivity contribution in [2.24, 2.45) is 4.99 Å². The van der Waals surface area contributed by atoms with E-state index < -0.39 is 0 Å². The topological polar surface area (TPSA) is 54.9 Å². The van der Waals surface area contributed by atoms with Crippen molar-refractivity contribution in [3.8, 4) is 5.75 Å². The monoisotopic (exact) mass is 475 g/mol. The minimum Gasteiger partial charge on any atom is -0.490 e. The normalized spacial score (nSPS) is 14.8. The van der Waals surface area contributed by atoms with Crippen LogP contribution in [0.15, 0.2) is 23.2 Å². The molecule has 0 spiro atoms. The molecule has 1 saturated carbocycles. The summed E-state index contributed by atoms with van der Waals surface area (Å²) in [4.78, 5) is 4.28. The van der Waals surface area contributed by atoms with Crippen LogP contribution in [0.5, 0.6) is 5.75 Å². The summed E-state index contributed by atoms with van der Waals surface area (Å²) in [5.74, 6) is 1.81. The highest BCUT2D eigenvalue weighted by atomic mass is 127. The van der Waals surface area contributed by atoms with E-state index in [4.69, 9.17) is 9.47 Å². The second-order valence-electron chi connectivity index (χ2n) is 6.54. The Labute approximate surface area is 175 Å². The molecule has 26 heavy (non-hydrogen) atoms. The first kappa shape index (κ1) is 23.0. The fraction of sp³-hybridized carbons (Fsp3) is 0.650. The van der Waals surface area contributed by atoms with Gasteiger partial charge in [-0.05, 0) is 57.6 Å². The molecule has 2 rings (SSSR count). The summed E-state index contributed by atoms with van der Waals surface area (Å²) in [6, 6.07) is 6.43. The van der Waals surface area contributed by atoms with Gasteiger partial charge in [-0.25, -0.2) is 0 Å². The van der Waals surface area contributed by atoms with E-state index in [-0.39, 0.29) is 24.0 Å². The van der Waals surface area contributed by atoms with Gasteiger partial charge in [-0.1, -0.05) is 12.1 Å². The smallest absolute Gasteiger partial charge is 0.191 e. The minimum atomic E-state index is 0. The van der Waals surface area contributed by atoms with Crippen LogP contribution in [0.4, 0.5) is 0 Å². The van der Waals surface area contributed by atoms with Gasteiger partial charge in [-0.15, -0.1) is 24.0 Å². The number of hydrogen-bond acceptors (Lipinski definition) is 3. The summed E-state index contributed by atoms with van der Waals surface area (Å²) in [6.45, 7) is 7.22. The van der Waals surface area contributed by atoms with Crippen molar-refractivity contribution in [2.75, 3.05) is 26.8 Å². The van der Waals surface area contributed by atoms with E-state index in [0.29, 0.717) is 12.6 Å². The van der Waals surface area contributed by atoms with Crippen LogP contribution >= 0.6 is 24.0 Å². The van der Waals surface area contributed by atoms with Crippen molar-refractivity contribution in [1.29, 1.82) is 0 Å². The lowest BCUT2D eigenvalue weighted by Gasteiger charge is -2.18. The summed E-state index contributed by atoms with van der Waals surface area (Å²) < 4.78 is 11.6. The molecular weight excluding hydrogens is 441 g/mol. The number of aliphatic imine (C=N–C) groups is 1. The average Bonchev–Trinajstić information content (AvgIpc) is 3.12. The Morgan fingerprint density at radius 3 is 2.69 bits per heavy atom. The molecule has 0 heterocycles. The van der Waals surface area contributed by atoms with Crippen molar-refractivity contribution >= 4 is 29.9 Å². The van der Waals surface area contributed by atoms with Gasteiger partial charge in [0, 0.05) is 38.9 Å². The average molecular weight is 475 g/mol. The number of guanidine groups is 1. The van der Waals surface area contributed by atoms with Crippen LogP contribution in [-0.4, -0.2) is 38.9 Å². The van der Waals surface area contributed by atoms with Gasteiger partial charge in [0.25, 0.3) is 0 Å². The Kier molecular flexibility index (Phi) is 11.7. The molecule has 148 valence electrons. The first-order chi connectivity index (χ1) is 12.2. The van der Waals surface area contributed by atoms with Gasteiger partial charge >= 0.3 is 0 Å². The van der Waals surface area contributed by atoms with E-state index in [0.717, 1.165) is 37.9 Å². The maximum Gasteiger partial charge on any atom is 0.191 e. The van der Waals surface area contributed by atoms with Gasteiger partial charge in [-0.3, -0.25) is 4.99 Å². The highest BCUT2D eigenvalue weighted by molar-refractivity contribution is 14.0. The van der Waals surface area contributed by atoms with E-state index >= 15 is 0 Å². The largest absolute Gasteiger partial charge is 0.490 e. The third kappa shape index (κ3) is 8.12. The first-order valence-electron chi connectivity index (χ1n) is 9.51. The third-order valence-corrected chi connectivity index (χ3v) is 4.45. The summed E-state index contributed by atoms with van der Waals surface area (Å²) in [5, 5.41) is 6.70. The number of nitrogens with one attached hydrogen (secondary N) is 2. The van der Waals surface area contributed by atoms with Crippen molar-refractivity contribution in [3.05, 3.63) is 29.3 Å². The quantitative estimate of drug-likeness (QED) is 0.245. The molecular formula is C20H34IN3O2. The van der Waals surface area contributed by atoms with E-state index in [1.165, 1.54) is 36.8 Å². The van der Waals surface area contributed by atoms with Crippen molar-refractivity contribution < 1.29 is 9.47 Å². The van der Waals surface area contributed by atoms with Crippen LogP contribution in [0.2, 0.25) is 0 Å². The van der Waals surface area contributed by atoms with E-state index in [9.17, 15) is 0 Å². The lowest BCUT2D eigenvalue weighted by molar-refractivity contribution is 0.145. The molecule has 2 N–H and O–H groups in total. The zero-order valence-electron chi connectivity index (χ0n) is 16.3. The minimum absolute atomic E-state index is 0. The Bertz CT molecular complexity index is 546. The maximum atomic E-state index is 6.26. The molecule has 1 aromatic rings. The first-order valence-corrected chi connectivity index (χ1v) is 9.51. The molecule has 0 unspecified atom stereocenters. The van der Waals surface area contributed by atoms with Crippen molar-refractivity contribution in [3.63, 3.8) is 0 Å². The number of ether oxygens (including phenoxy) is 2. The number of rotatable bonds is 9. The van der Waals surface area contributed by atoms with E-state index in [1.807, 2.05) is 6.92 Å². The maximum absolute atomic E-state index is 6.26. The third-order valence-electron chi connectivity index (χ3n) is 4.45. The van der Waals surface area contributed by atoms with Crippen LogP contribution in [0.3, 0.4) is 0 Å². The van der Waals surface area contributed by atoms with Crippen LogP contribution in [0.1, 0.15) is 50.2 Å². The van der Waals surface area contributed by atoms with Crippen LogP contribution in [0.25, 0.3) is 0 Å². The van der Waals surface area contributed by atoms with Crippen LogP contribution in [-0.2, 0) is 11.3 Å². The van der Waals surface area contributed by atoms with Gasteiger partial charge in [0.2, 0.25) is 0 Å². The lowest BCUT2D eigenvalue weighted by atomic mass is 10.1. The Morgan fingerprint density at radius 1 is 1.23 bits per heavy atom. The van der Waals surface area contributed by atoms with Crippen LogP contribution in [0, 0.1) is 6.92 Å². The fourth-order valence-electron chi connectivity index (χ4n) is 3.03. The number of hydrogen-bond donors (Lipinski definition) is 2. The molecule has 0 bridgehead atoms. The summed E-state index contributed by atoms with van der Waals surface area (Å²) in [7, 11) is 1.79. The predicted octanol–water partition coefficient (Wildman–Crippen LogP) is 4.03. The van der Waals surface area contributed by atoms with Gasteiger partial charge in [0.1, 0.15) is 5.75 Å². The molecule has 0 aliphatic heterocycles. The molecule has 6 heteroatoms. The zero-order valence-corrected chi connectivity index (χ0v) is 18.7. The van der Waals surface area contributed by atoms with Crippen molar-refractivity contribution in [2.45, 2.75) is 58.6 Å². The summed E-state index contributed by atoms with van der Waals surface area (Å²) in [5.41, 5.74) is 2.41. The number of nitrogens with zero attached hydrogens (tertiary/aromatic N) is 1. The van der Waals surface area contributed by atoms with E-state index in [2.05, 4.69) is 40.7 Å². The SMILES string of the molecule is CCOCCCNC(=NC)NCc1ccc(C)cc1OC1CCCC1.I. The molecule has 0 aromatic heterocycles. The predicted molar refractivity (Wildman–Crippen MR) is 119 cm³/mol. The number of halogens is 1. The van der Waals surface area contributed by atoms with Gasteiger partial charge in [0.15, 0.2) is 5.96 Å². The molecule has 1 aromatic carbocycles. The van der Waals surface area contributed by atoms with Gasteiger partial charge in [-0.2, -0.15) is 0 Å². The second-order valence-corrected chi connectivity index (χ2v) is 6.54. The highest BCUT2D eigenvalue weighted by Crippen LogP contribution is 2.27. The molecule has 0 amide bonds. The van der Waals surface area contributed by atoms with Gasteiger partial charge < -0.3 is 20.1 Å². The lowest BCUT2D eigenvalue weighted by Crippen LogP contribution is -2.37. The highest BCUT2D eigenvalue weighted by Gasteiger charge is 2.18. The van der Waals surface area contributed by atoms with Crippen molar-refractivity contribution in [1.82, 2.24) is 10.6 Å². The molecule has 0 saturated heterocycles. The molecule has 0 radical (unpaired) electrons. The molecule has 1 aliphatic rings. The Hall–Kier alpha value is -1.02. The number of aryl methyl sites for hydroxylation is 1.